The van der Waals surface area contributed by atoms with Crippen LogP contribution in [0, 0.1) is 0 Å². The van der Waals surface area contributed by atoms with E-state index < -0.39 is 22.5 Å². The summed E-state index contributed by atoms with van der Waals surface area (Å²) in [6.07, 6.45) is -2.11. The van der Waals surface area contributed by atoms with Crippen LogP contribution >= 0.6 is 23.2 Å². The van der Waals surface area contributed by atoms with Crippen LogP contribution in [0.2, 0.25) is 10.0 Å². The molecule has 0 saturated heterocycles. The molecule has 0 bridgehead atoms. The Kier molecular flexibility index (Phi) is 5.39. The standard InChI is InChI=1S/C10H13Cl2NO4S/c1-2-8(17-18(13,15)16)10(14)9-6(11)4-3-5-7(9)12/h3-5,8,10,14H,2H2,1H3,(H2,13,15,16)/t8-,10+/m0/s1. The Morgan fingerprint density at radius 3 is 2.28 bits per heavy atom. The van der Waals surface area contributed by atoms with Crippen molar-refractivity contribution in [3.05, 3.63) is 33.8 Å². The van der Waals surface area contributed by atoms with E-state index in [-0.39, 0.29) is 22.0 Å². The third kappa shape index (κ3) is 4.08. The van der Waals surface area contributed by atoms with Crippen LogP contribution in [0.15, 0.2) is 18.2 Å². The molecule has 0 aliphatic carbocycles. The van der Waals surface area contributed by atoms with Crippen molar-refractivity contribution >= 4 is 33.5 Å². The van der Waals surface area contributed by atoms with E-state index >= 15 is 0 Å². The second-order valence-corrected chi connectivity index (χ2v) is 5.61. The molecular weight excluding hydrogens is 301 g/mol. The van der Waals surface area contributed by atoms with Crippen molar-refractivity contribution in [3.63, 3.8) is 0 Å². The van der Waals surface area contributed by atoms with E-state index in [0.29, 0.717) is 0 Å². The van der Waals surface area contributed by atoms with Crippen LogP contribution < -0.4 is 5.14 Å². The maximum absolute atomic E-state index is 10.9. The normalized spacial score (nSPS) is 15.4. The summed E-state index contributed by atoms with van der Waals surface area (Å²) >= 11 is 11.8. The first-order valence-electron chi connectivity index (χ1n) is 5.09. The molecule has 0 unspecified atom stereocenters. The molecule has 2 atom stereocenters. The zero-order valence-corrected chi connectivity index (χ0v) is 11.8. The molecule has 0 amide bonds. The maximum Gasteiger partial charge on any atom is 0.333 e. The molecule has 18 heavy (non-hydrogen) atoms. The molecule has 3 N–H and O–H groups in total. The van der Waals surface area contributed by atoms with E-state index in [9.17, 15) is 13.5 Å². The van der Waals surface area contributed by atoms with Gasteiger partial charge in [0.25, 0.3) is 0 Å². The minimum absolute atomic E-state index is 0.219. The van der Waals surface area contributed by atoms with Gasteiger partial charge >= 0.3 is 10.3 Å². The van der Waals surface area contributed by atoms with Gasteiger partial charge in [0.1, 0.15) is 12.2 Å². The second kappa shape index (κ2) is 6.18. The summed E-state index contributed by atoms with van der Waals surface area (Å²) in [7, 11) is -4.16. The Morgan fingerprint density at radius 2 is 1.89 bits per heavy atom. The van der Waals surface area contributed by atoms with Crippen LogP contribution in [0.5, 0.6) is 0 Å². The molecule has 5 nitrogen and oxygen atoms in total. The molecule has 102 valence electrons. The molecular formula is C10H13Cl2NO4S. The van der Waals surface area contributed by atoms with Gasteiger partial charge in [0.2, 0.25) is 0 Å². The Bertz CT molecular complexity index is 500. The van der Waals surface area contributed by atoms with E-state index in [4.69, 9.17) is 28.3 Å². The Labute approximate surface area is 116 Å². The summed E-state index contributed by atoms with van der Waals surface area (Å²) < 4.78 is 26.4. The molecule has 0 fully saturated rings. The monoisotopic (exact) mass is 313 g/mol. The summed E-state index contributed by atoms with van der Waals surface area (Å²) in [5.41, 5.74) is 0.219. The van der Waals surface area contributed by atoms with Gasteiger partial charge in [-0.2, -0.15) is 8.42 Å². The number of benzene rings is 1. The average Bonchev–Trinajstić information content (AvgIpc) is 2.24. The molecule has 0 spiro atoms. The minimum Gasteiger partial charge on any atom is -0.386 e. The van der Waals surface area contributed by atoms with Crippen LogP contribution in [-0.2, 0) is 14.5 Å². The largest absolute Gasteiger partial charge is 0.386 e. The summed E-state index contributed by atoms with van der Waals surface area (Å²) in [6, 6.07) is 4.69. The fourth-order valence-electron chi connectivity index (χ4n) is 1.50. The van der Waals surface area contributed by atoms with Gasteiger partial charge < -0.3 is 5.11 Å². The lowest BCUT2D eigenvalue weighted by Gasteiger charge is -2.22. The molecule has 0 saturated carbocycles. The van der Waals surface area contributed by atoms with Gasteiger partial charge in [0.15, 0.2) is 0 Å². The van der Waals surface area contributed by atoms with Crippen molar-refractivity contribution in [3.8, 4) is 0 Å². The van der Waals surface area contributed by atoms with Gasteiger partial charge in [-0.1, -0.05) is 36.2 Å². The third-order valence-electron chi connectivity index (χ3n) is 2.31. The van der Waals surface area contributed by atoms with Crippen molar-refractivity contribution in [2.75, 3.05) is 0 Å². The zero-order valence-electron chi connectivity index (χ0n) is 9.51. The van der Waals surface area contributed by atoms with Gasteiger partial charge in [-0.25, -0.2) is 5.14 Å². The summed E-state index contributed by atoms with van der Waals surface area (Å²) in [5.74, 6) is 0. The molecule has 0 aromatic heterocycles. The van der Waals surface area contributed by atoms with Crippen LogP contribution in [0.3, 0.4) is 0 Å². The van der Waals surface area contributed by atoms with Crippen LogP contribution in [-0.4, -0.2) is 19.6 Å². The van der Waals surface area contributed by atoms with Crippen molar-refractivity contribution in [2.45, 2.75) is 25.6 Å². The van der Waals surface area contributed by atoms with E-state index in [0.717, 1.165) is 0 Å². The zero-order chi connectivity index (χ0) is 13.9. The van der Waals surface area contributed by atoms with Gasteiger partial charge in [0.05, 0.1) is 0 Å². The molecule has 0 radical (unpaired) electrons. The van der Waals surface area contributed by atoms with Gasteiger partial charge in [0, 0.05) is 15.6 Å². The Balaban J connectivity index is 3.07. The lowest BCUT2D eigenvalue weighted by Crippen LogP contribution is -2.29. The highest BCUT2D eigenvalue weighted by molar-refractivity contribution is 7.84. The highest BCUT2D eigenvalue weighted by Crippen LogP contribution is 2.33. The van der Waals surface area contributed by atoms with E-state index in [1.165, 1.54) is 12.1 Å². The first kappa shape index (κ1) is 15.7. The van der Waals surface area contributed by atoms with Crippen molar-refractivity contribution < 1.29 is 17.7 Å². The molecule has 0 heterocycles. The summed E-state index contributed by atoms with van der Waals surface area (Å²) in [4.78, 5) is 0. The highest BCUT2D eigenvalue weighted by Gasteiger charge is 2.27. The van der Waals surface area contributed by atoms with Crippen LogP contribution in [0.1, 0.15) is 25.0 Å². The van der Waals surface area contributed by atoms with Crippen molar-refractivity contribution in [2.24, 2.45) is 5.14 Å². The number of hydrogen-bond acceptors (Lipinski definition) is 4. The number of rotatable bonds is 5. The van der Waals surface area contributed by atoms with E-state index in [1.54, 1.807) is 13.0 Å². The number of halogens is 2. The van der Waals surface area contributed by atoms with Gasteiger partial charge in [-0.15, -0.1) is 0 Å². The fraction of sp³-hybridized carbons (Fsp3) is 0.400. The SMILES string of the molecule is CC[C@H](OS(N)(=O)=O)[C@@H](O)c1c(Cl)cccc1Cl. The van der Waals surface area contributed by atoms with Crippen molar-refractivity contribution in [1.82, 2.24) is 0 Å². The number of aliphatic hydroxyl groups excluding tert-OH is 1. The smallest absolute Gasteiger partial charge is 0.333 e. The molecule has 1 aromatic rings. The predicted octanol–water partition coefficient (Wildman–Crippen LogP) is 2.03. The van der Waals surface area contributed by atoms with Crippen LogP contribution in [0.25, 0.3) is 0 Å². The molecule has 1 aromatic carbocycles. The fourth-order valence-corrected chi connectivity index (χ4v) is 2.70. The first-order valence-corrected chi connectivity index (χ1v) is 7.32. The topological polar surface area (TPSA) is 89.6 Å². The molecule has 8 heteroatoms. The molecule has 0 aliphatic heterocycles. The Hall–Kier alpha value is -0.370. The number of nitrogens with two attached hydrogens (primary N) is 1. The lowest BCUT2D eigenvalue weighted by atomic mass is 10.0. The quantitative estimate of drug-likeness (QED) is 0.870. The third-order valence-corrected chi connectivity index (χ3v) is 3.48. The average molecular weight is 314 g/mol. The number of hydrogen-bond donors (Lipinski definition) is 2. The predicted molar refractivity (Wildman–Crippen MR) is 69.7 cm³/mol. The lowest BCUT2D eigenvalue weighted by molar-refractivity contribution is 0.0374. The van der Waals surface area contributed by atoms with Crippen molar-refractivity contribution in [1.29, 1.82) is 0 Å². The van der Waals surface area contributed by atoms with E-state index in [2.05, 4.69) is 4.18 Å². The summed E-state index contributed by atoms with van der Waals surface area (Å²) in [5, 5.41) is 15.3. The van der Waals surface area contributed by atoms with Crippen LogP contribution in [0.4, 0.5) is 0 Å². The Morgan fingerprint density at radius 1 is 1.39 bits per heavy atom. The second-order valence-electron chi connectivity index (χ2n) is 3.62. The van der Waals surface area contributed by atoms with E-state index in [1.807, 2.05) is 0 Å². The highest BCUT2D eigenvalue weighted by atomic mass is 35.5. The van der Waals surface area contributed by atoms with Gasteiger partial charge in [-0.05, 0) is 18.6 Å². The summed E-state index contributed by atoms with van der Waals surface area (Å²) in [6.45, 7) is 1.64. The molecule has 1 rings (SSSR count). The first-order chi connectivity index (χ1) is 8.26. The minimum atomic E-state index is -4.16. The van der Waals surface area contributed by atoms with Gasteiger partial charge in [-0.3, -0.25) is 4.18 Å². The molecule has 0 aliphatic rings. The number of aliphatic hydroxyl groups is 1. The maximum atomic E-state index is 10.9.